The van der Waals surface area contributed by atoms with Crippen molar-refractivity contribution < 1.29 is 27.8 Å². The van der Waals surface area contributed by atoms with E-state index in [1.807, 2.05) is 48.5 Å². The average Bonchev–Trinajstić information content (AvgIpc) is 3.38. The highest BCUT2D eigenvalue weighted by atomic mass is 19.3. The molecule has 4 aromatic rings. The molecule has 1 amide bonds. The maximum Gasteiger partial charge on any atom is 0.408 e. The van der Waals surface area contributed by atoms with Gasteiger partial charge in [-0.3, -0.25) is 4.40 Å². The second-order valence-corrected chi connectivity index (χ2v) is 9.28. The smallest absolute Gasteiger partial charge is 0.408 e. The van der Waals surface area contributed by atoms with Crippen LogP contribution in [0.4, 0.5) is 13.6 Å². The van der Waals surface area contributed by atoms with Crippen LogP contribution >= 0.6 is 0 Å². The molecule has 0 bridgehead atoms. The van der Waals surface area contributed by atoms with E-state index in [1.165, 1.54) is 12.4 Å². The van der Waals surface area contributed by atoms with Crippen LogP contribution in [0.1, 0.15) is 32.4 Å². The molecular weight excluding hydrogens is 470 g/mol. The Hall–Kier alpha value is -4.21. The summed E-state index contributed by atoms with van der Waals surface area (Å²) in [6.07, 6.45) is 2.14. The van der Waals surface area contributed by atoms with Crippen molar-refractivity contribution in [1.29, 1.82) is 0 Å². The van der Waals surface area contributed by atoms with Crippen LogP contribution in [0.15, 0.2) is 60.9 Å². The number of nitrogens with zero attached hydrogens (tertiary/aromatic N) is 3. The molecule has 0 saturated heterocycles. The lowest BCUT2D eigenvalue weighted by Crippen LogP contribution is -2.35. The van der Waals surface area contributed by atoms with Crippen LogP contribution in [0, 0.1) is 0 Å². The van der Waals surface area contributed by atoms with E-state index in [4.69, 9.17) is 9.47 Å². The minimum atomic E-state index is -2.97. The van der Waals surface area contributed by atoms with Crippen molar-refractivity contribution in [3.8, 4) is 34.0 Å². The molecule has 1 N–H and O–H groups in total. The number of hydrogen-bond acceptors (Lipinski definition) is 6. The number of fused-ring (bicyclic) bond motifs is 2. The first-order valence-corrected chi connectivity index (χ1v) is 11.3. The van der Waals surface area contributed by atoms with E-state index in [2.05, 4.69) is 20.0 Å². The molecule has 36 heavy (non-hydrogen) atoms. The van der Waals surface area contributed by atoms with Crippen molar-refractivity contribution in [2.24, 2.45) is 0 Å². The zero-order valence-corrected chi connectivity index (χ0v) is 19.9. The van der Waals surface area contributed by atoms with Gasteiger partial charge in [0.25, 0.3) is 0 Å². The molecule has 0 spiro atoms. The lowest BCUT2D eigenvalue weighted by molar-refractivity contribution is -0.0503. The van der Waals surface area contributed by atoms with Gasteiger partial charge in [0.2, 0.25) is 5.78 Å². The number of carbonyl (C=O) groups excluding carboxylic acids is 1. The summed E-state index contributed by atoms with van der Waals surface area (Å²) in [7, 11) is 0. The van der Waals surface area contributed by atoms with Crippen molar-refractivity contribution in [3.63, 3.8) is 0 Å². The summed E-state index contributed by atoms with van der Waals surface area (Å²) in [6.45, 7) is 2.70. The first kappa shape index (κ1) is 23.5. The third-order valence-electron chi connectivity index (χ3n) is 5.49. The number of rotatable bonds is 5. The molecular formula is C26H24F2N4O4. The van der Waals surface area contributed by atoms with Crippen molar-refractivity contribution in [2.75, 3.05) is 6.61 Å². The summed E-state index contributed by atoms with van der Waals surface area (Å²) in [6, 6.07) is 14.7. The summed E-state index contributed by atoms with van der Waals surface area (Å²) in [4.78, 5) is 21.1. The molecule has 0 fully saturated rings. The van der Waals surface area contributed by atoms with Gasteiger partial charge in [-0.1, -0.05) is 42.5 Å². The number of nitrogens with one attached hydrogen (secondary N) is 1. The molecule has 0 unspecified atom stereocenters. The number of imidazole rings is 1. The van der Waals surface area contributed by atoms with Crippen LogP contribution in [-0.2, 0) is 4.74 Å². The number of amides is 1. The fourth-order valence-electron chi connectivity index (χ4n) is 4.08. The molecule has 5 rings (SSSR count). The first-order valence-electron chi connectivity index (χ1n) is 11.3. The minimum absolute atomic E-state index is 0.0769. The molecule has 0 radical (unpaired) electrons. The van der Waals surface area contributed by atoms with Crippen LogP contribution < -0.4 is 14.8 Å². The Morgan fingerprint density at radius 1 is 1.17 bits per heavy atom. The summed E-state index contributed by atoms with van der Waals surface area (Å²) < 4.78 is 43.0. The topological polar surface area (TPSA) is 87.0 Å². The van der Waals surface area contributed by atoms with Crippen LogP contribution in [0.5, 0.6) is 11.5 Å². The number of carbonyl (C=O) groups is 1. The molecule has 10 heteroatoms. The lowest BCUT2D eigenvalue weighted by atomic mass is 10.0. The van der Waals surface area contributed by atoms with Gasteiger partial charge in [0, 0.05) is 16.7 Å². The van der Waals surface area contributed by atoms with E-state index in [-0.39, 0.29) is 18.4 Å². The van der Waals surface area contributed by atoms with Crippen molar-refractivity contribution >= 4 is 11.9 Å². The number of alkyl carbamates (subject to hydrolysis) is 1. The van der Waals surface area contributed by atoms with Gasteiger partial charge >= 0.3 is 12.7 Å². The van der Waals surface area contributed by atoms with Crippen LogP contribution in [-0.4, -0.2) is 39.3 Å². The summed E-state index contributed by atoms with van der Waals surface area (Å²) in [5, 5.41) is 2.84. The van der Waals surface area contributed by atoms with Gasteiger partial charge in [-0.15, -0.1) is 0 Å². The van der Waals surface area contributed by atoms with Crippen molar-refractivity contribution in [3.05, 3.63) is 66.5 Å². The normalized spacial score (nSPS) is 15.0. The fraction of sp³-hybridized carbons (Fsp3) is 0.269. The van der Waals surface area contributed by atoms with E-state index in [0.717, 1.165) is 16.7 Å². The average molecular weight is 494 g/mol. The molecule has 186 valence electrons. The molecule has 1 aliphatic heterocycles. The van der Waals surface area contributed by atoms with E-state index < -0.39 is 18.3 Å². The maximum atomic E-state index is 12.8. The molecule has 8 nitrogen and oxygen atoms in total. The monoisotopic (exact) mass is 494 g/mol. The molecule has 1 atom stereocenters. The van der Waals surface area contributed by atoms with E-state index >= 15 is 0 Å². The Balaban J connectivity index is 1.53. The molecule has 0 aliphatic carbocycles. The van der Waals surface area contributed by atoms with Gasteiger partial charge in [0.05, 0.1) is 29.8 Å². The zero-order valence-electron chi connectivity index (χ0n) is 19.9. The van der Waals surface area contributed by atoms with Gasteiger partial charge < -0.3 is 19.5 Å². The highest BCUT2D eigenvalue weighted by molar-refractivity contribution is 5.82. The Labute approximate surface area is 205 Å². The molecule has 2 aromatic heterocycles. The number of halogens is 2. The number of aromatic nitrogens is 3. The van der Waals surface area contributed by atoms with Crippen molar-refractivity contribution in [2.45, 2.75) is 39.0 Å². The number of alkyl halides is 2. The summed E-state index contributed by atoms with van der Waals surface area (Å²) in [5.74, 6) is 0.864. The summed E-state index contributed by atoms with van der Waals surface area (Å²) in [5.41, 5.74) is 3.04. The minimum Gasteiger partial charge on any atom is -0.491 e. The Kier molecular flexibility index (Phi) is 5.95. The van der Waals surface area contributed by atoms with Gasteiger partial charge in [0.1, 0.15) is 18.0 Å². The highest BCUT2D eigenvalue weighted by Gasteiger charge is 2.29. The predicted molar refractivity (Wildman–Crippen MR) is 128 cm³/mol. The Morgan fingerprint density at radius 2 is 1.94 bits per heavy atom. The number of benzene rings is 2. The van der Waals surface area contributed by atoms with Crippen LogP contribution in [0.3, 0.4) is 0 Å². The quantitative estimate of drug-likeness (QED) is 0.387. The second kappa shape index (κ2) is 9.10. The van der Waals surface area contributed by atoms with Crippen LogP contribution in [0.2, 0.25) is 0 Å². The predicted octanol–water partition coefficient (Wildman–Crippen LogP) is 5.62. The van der Waals surface area contributed by atoms with Gasteiger partial charge in [-0.05, 0) is 26.8 Å². The largest absolute Gasteiger partial charge is 0.491 e. The van der Waals surface area contributed by atoms with Crippen LogP contribution in [0.25, 0.3) is 28.3 Å². The fourth-order valence-corrected chi connectivity index (χ4v) is 4.08. The van der Waals surface area contributed by atoms with Crippen molar-refractivity contribution in [1.82, 2.24) is 19.7 Å². The number of ether oxygens (including phenoxy) is 3. The molecule has 0 saturated carbocycles. The Bertz CT molecular complexity index is 1420. The third-order valence-corrected chi connectivity index (χ3v) is 5.49. The SMILES string of the molecule is CC(C)(C)OC(=O)N[C@H]1COc2cc(-c3nc4ncc(OC(F)F)cn4c3-c3ccccc3)ccc21. The maximum absolute atomic E-state index is 12.8. The zero-order chi connectivity index (χ0) is 25.4. The molecule has 3 heterocycles. The second-order valence-electron chi connectivity index (χ2n) is 9.28. The summed E-state index contributed by atoms with van der Waals surface area (Å²) >= 11 is 0. The highest BCUT2D eigenvalue weighted by Crippen LogP contribution is 2.39. The van der Waals surface area contributed by atoms with E-state index in [9.17, 15) is 13.6 Å². The van der Waals surface area contributed by atoms with Gasteiger partial charge in [-0.2, -0.15) is 8.78 Å². The molecule has 1 aliphatic rings. The van der Waals surface area contributed by atoms with E-state index in [0.29, 0.717) is 22.9 Å². The third kappa shape index (κ3) is 4.79. The first-order chi connectivity index (χ1) is 17.2. The van der Waals surface area contributed by atoms with E-state index in [1.54, 1.807) is 25.2 Å². The lowest BCUT2D eigenvalue weighted by Gasteiger charge is -2.21. The molecule has 2 aromatic carbocycles. The standard InChI is InChI=1S/C26H24F2N4O4/c1-26(2,3)36-25(33)30-19-14-34-20-11-16(9-10-18(19)20)21-22(15-7-5-4-6-8-15)32-13-17(35-23(27)28)12-29-24(32)31-21/h4-13,19,23H,14H2,1-3H3,(H,30,33)/t19-/m0/s1. The van der Waals surface area contributed by atoms with Gasteiger partial charge in [0.15, 0.2) is 5.75 Å². The van der Waals surface area contributed by atoms with Gasteiger partial charge in [-0.25, -0.2) is 14.8 Å². The number of hydrogen-bond donors (Lipinski definition) is 1. The Morgan fingerprint density at radius 3 is 2.67 bits per heavy atom.